The van der Waals surface area contributed by atoms with Gasteiger partial charge >= 0.3 is 0 Å². The predicted molar refractivity (Wildman–Crippen MR) is 122 cm³/mol. The van der Waals surface area contributed by atoms with E-state index in [0.29, 0.717) is 25.0 Å². The van der Waals surface area contributed by atoms with Crippen molar-refractivity contribution < 1.29 is 4.79 Å². The summed E-state index contributed by atoms with van der Waals surface area (Å²) in [6.45, 7) is 5.41. The maximum Gasteiger partial charge on any atom is 0.262 e. The number of carbonyl (C=O) groups excluding carboxylic acids is 1. The van der Waals surface area contributed by atoms with Crippen molar-refractivity contribution in [3.8, 4) is 0 Å². The van der Waals surface area contributed by atoms with Gasteiger partial charge in [0.15, 0.2) is 0 Å². The molecule has 0 aliphatic rings. The van der Waals surface area contributed by atoms with Gasteiger partial charge in [-0.25, -0.2) is 4.98 Å². The molecule has 0 unspecified atom stereocenters. The second-order valence-electron chi connectivity index (χ2n) is 7.74. The summed E-state index contributed by atoms with van der Waals surface area (Å²) in [7, 11) is 1.77. The molecule has 7 nitrogen and oxygen atoms in total. The third-order valence-electron chi connectivity index (χ3n) is 5.44. The second-order valence-corrected chi connectivity index (χ2v) is 8.94. The maximum absolute atomic E-state index is 12.8. The summed E-state index contributed by atoms with van der Waals surface area (Å²) in [4.78, 5) is 33.3. The van der Waals surface area contributed by atoms with Crippen molar-refractivity contribution in [2.24, 2.45) is 0 Å². The average molecular weight is 436 g/mol. The summed E-state index contributed by atoms with van der Waals surface area (Å²) in [5.74, 6) is -0.0268. The number of aryl methyl sites for hydroxylation is 3. The van der Waals surface area contributed by atoms with Gasteiger partial charge in [-0.3, -0.25) is 18.8 Å². The fourth-order valence-electron chi connectivity index (χ4n) is 3.54. The Morgan fingerprint density at radius 2 is 1.94 bits per heavy atom. The standard InChI is InChI=1S/C23H25N5O2S/c1-16-17(2)31-22-21(16)23(30)27(15-24-22)10-9-20(29)26(3)12-19-11-25-28(14-19)13-18-7-5-4-6-8-18/h4-8,11,14-15H,9-10,12-13H2,1-3H3. The minimum Gasteiger partial charge on any atom is -0.341 e. The Bertz CT molecular complexity index is 1270. The number of amides is 1. The van der Waals surface area contributed by atoms with E-state index in [0.717, 1.165) is 20.8 Å². The monoisotopic (exact) mass is 435 g/mol. The third kappa shape index (κ3) is 4.59. The molecule has 31 heavy (non-hydrogen) atoms. The lowest BCUT2D eigenvalue weighted by molar-refractivity contribution is -0.130. The van der Waals surface area contributed by atoms with E-state index < -0.39 is 0 Å². The minimum absolute atomic E-state index is 0.0268. The first-order valence-corrected chi connectivity index (χ1v) is 11.0. The number of hydrogen-bond donors (Lipinski definition) is 0. The van der Waals surface area contributed by atoms with Crippen LogP contribution in [0, 0.1) is 13.8 Å². The number of thiophene rings is 1. The molecule has 4 rings (SSSR count). The van der Waals surface area contributed by atoms with E-state index >= 15 is 0 Å². The van der Waals surface area contributed by atoms with Crippen LogP contribution in [0.4, 0.5) is 0 Å². The number of benzene rings is 1. The van der Waals surface area contributed by atoms with Gasteiger partial charge in [0.1, 0.15) is 4.83 Å². The van der Waals surface area contributed by atoms with Gasteiger partial charge in [-0.1, -0.05) is 30.3 Å². The largest absolute Gasteiger partial charge is 0.341 e. The smallest absolute Gasteiger partial charge is 0.262 e. The molecular formula is C23H25N5O2S. The molecular weight excluding hydrogens is 410 g/mol. The fourth-order valence-corrected chi connectivity index (χ4v) is 4.53. The molecule has 3 heterocycles. The van der Waals surface area contributed by atoms with Crippen molar-refractivity contribution in [3.05, 3.63) is 81.0 Å². The van der Waals surface area contributed by atoms with Gasteiger partial charge in [0, 0.05) is 43.2 Å². The Hall–Kier alpha value is -3.26. The number of nitrogens with zero attached hydrogens (tertiary/aromatic N) is 5. The number of aromatic nitrogens is 4. The second kappa shape index (κ2) is 8.85. The van der Waals surface area contributed by atoms with Crippen molar-refractivity contribution in [2.75, 3.05) is 7.05 Å². The lowest BCUT2D eigenvalue weighted by atomic mass is 10.2. The highest BCUT2D eigenvalue weighted by Crippen LogP contribution is 2.25. The van der Waals surface area contributed by atoms with Crippen molar-refractivity contribution in [1.82, 2.24) is 24.2 Å². The van der Waals surface area contributed by atoms with Gasteiger partial charge in [-0.15, -0.1) is 11.3 Å². The van der Waals surface area contributed by atoms with Crippen LogP contribution in [0.15, 0.2) is 53.8 Å². The maximum atomic E-state index is 12.8. The molecule has 0 aliphatic heterocycles. The molecule has 0 spiro atoms. The first-order valence-electron chi connectivity index (χ1n) is 10.2. The summed E-state index contributed by atoms with van der Waals surface area (Å²) < 4.78 is 3.40. The van der Waals surface area contributed by atoms with E-state index in [2.05, 4.69) is 22.2 Å². The zero-order valence-corrected chi connectivity index (χ0v) is 18.7. The van der Waals surface area contributed by atoms with Crippen LogP contribution >= 0.6 is 11.3 Å². The number of fused-ring (bicyclic) bond motifs is 1. The molecule has 0 saturated carbocycles. The molecule has 0 bridgehead atoms. The highest BCUT2D eigenvalue weighted by Gasteiger charge is 2.14. The molecule has 1 aromatic carbocycles. The zero-order chi connectivity index (χ0) is 22.0. The quantitative estimate of drug-likeness (QED) is 0.446. The van der Waals surface area contributed by atoms with Gasteiger partial charge in [-0.2, -0.15) is 5.10 Å². The molecule has 0 N–H and O–H groups in total. The van der Waals surface area contributed by atoms with E-state index in [9.17, 15) is 9.59 Å². The highest BCUT2D eigenvalue weighted by atomic mass is 32.1. The number of carbonyl (C=O) groups is 1. The molecule has 4 aromatic rings. The van der Waals surface area contributed by atoms with Crippen LogP contribution in [0.1, 0.15) is 28.0 Å². The van der Waals surface area contributed by atoms with Crippen LogP contribution in [0.25, 0.3) is 10.2 Å². The Balaban J connectivity index is 1.36. The van der Waals surface area contributed by atoms with Crippen LogP contribution < -0.4 is 5.56 Å². The average Bonchev–Trinajstić information content (AvgIpc) is 3.31. The van der Waals surface area contributed by atoms with E-state index in [-0.39, 0.29) is 17.9 Å². The minimum atomic E-state index is -0.0792. The molecule has 0 aliphatic carbocycles. The van der Waals surface area contributed by atoms with Gasteiger partial charge < -0.3 is 4.90 Å². The molecule has 3 aromatic heterocycles. The van der Waals surface area contributed by atoms with E-state index in [1.54, 1.807) is 24.5 Å². The third-order valence-corrected chi connectivity index (χ3v) is 6.56. The van der Waals surface area contributed by atoms with Gasteiger partial charge in [0.2, 0.25) is 5.91 Å². The van der Waals surface area contributed by atoms with Crippen molar-refractivity contribution in [3.63, 3.8) is 0 Å². The van der Waals surface area contributed by atoms with Crippen molar-refractivity contribution >= 4 is 27.5 Å². The Morgan fingerprint density at radius 3 is 2.71 bits per heavy atom. The van der Waals surface area contributed by atoms with Gasteiger partial charge in [-0.05, 0) is 25.0 Å². The Labute approximate surface area is 184 Å². The molecule has 8 heteroatoms. The highest BCUT2D eigenvalue weighted by molar-refractivity contribution is 7.18. The summed E-state index contributed by atoms with van der Waals surface area (Å²) in [6, 6.07) is 10.1. The summed E-state index contributed by atoms with van der Waals surface area (Å²) in [5.41, 5.74) is 3.04. The predicted octanol–water partition coefficient (Wildman–Crippen LogP) is 3.37. The number of hydrogen-bond acceptors (Lipinski definition) is 5. The van der Waals surface area contributed by atoms with Crippen LogP contribution in [0.2, 0.25) is 0 Å². The van der Waals surface area contributed by atoms with Crippen LogP contribution in [-0.4, -0.2) is 37.2 Å². The zero-order valence-electron chi connectivity index (χ0n) is 17.9. The Kier molecular flexibility index (Phi) is 5.99. The Morgan fingerprint density at radius 1 is 1.16 bits per heavy atom. The van der Waals surface area contributed by atoms with E-state index in [1.807, 2.05) is 42.9 Å². The summed E-state index contributed by atoms with van der Waals surface area (Å²) >= 11 is 1.53. The lowest BCUT2D eigenvalue weighted by Crippen LogP contribution is -2.29. The molecule has 0 atom stereocenters. The van der Waals surface area contributed by atoms with E-state index in [4.69, 9.17) is 0 Å². The van der Waals surface area contributed by atoms with Crippen molar-refractivity contribution in [1.29, 1.82) is 0 Å². The van der Waals surface area contributed by atoms with Gasteiger partial charge in [0.05, 0.1) is 24.5 Å². The fraction of sp³-hybridized carbons (Fsp3) is 0.304. The SMILES string of the molecule is Cc1sc2ncn(CCC(=O)N(C)Cc3cnn(Cc4ccccc4)c3)c(=O)c2c1C. The van der Waals surface area contributed by atoms with Crippen LogP contribution in [0.5, 0.6) is 0 Å². The van der Waals surface area contributed by atoms with Gasteiger partial charge in [0.25, 0.3) is 5.56 Å². The normalized spacial score (nSPS) is 11.2. The molecule has 0 radical (unpaired) electrons. The molecule has 160 valence electrons. The van der Waals surface area contributed by atoms with Crippen LogP contribution in [-0.2, 0) is 24.4 Å². The summed E-state index contributed by atoms with van der Waals surface area (Å²) in [6.07, 6.45) is 5.53. The van der Waals surface area contributed by atoms with E-state index in [1.165, 1.54) is 21.5 Å². The lowest BCUT2D eigenvalue weighted by Gasteiger charge is -2.16. The summed E-state index contributed by atoms with van der Waals surface area (Å²) in [5, 5.41) is 5.06. The van der Waals surface area contributed by atoms with Crippen LogP contribution in [0.3, 0.4) is 0 Å². The molecule has 0 fully saturated rings. The number of rotatable bonds is 7. The topological polar surface area (TPSA) is 73.0 Å². The first-order chi connectivity index (χ1) is 14.9. The van der Waals surface area contributed by atoms with Crippen molar-refractivity contribution in [2.45, 2.75) is 39.9 Å². The first kappa shape index (κ1) is 21.0. The molecule has 0 saturated heterocycles. The molecule has 1 amide bonds.